The highest BCUT2D eigenvalue weighted by molar-refractivity contribution is 6.16. The molecule has 0 unspecified atom stereocenters. The molecule has 13 heavy (non-hydrogen) atoms. The molecular weight excluding hydrogens is 192 g/mol. The van der Waals surface area contributed by atoms with Crippen molar-refractivity contribution in [2.24, 2.45) is 0 Å². The Labute approximate surface area is 81.3 Å². The van der Waals surface area contributed by atoms with Crippen molar-refractivity contribution in [1.29, 1.82) is 0 Å². The predicted octanol–water partition coefficient (Wildman–Crippen LogP) is 2.17. The fourth-order valence-electron chi connectivity index (χ4n) is 0.826. The van der Waals surface area contributed by atoms with Crippen LogP contribution in [0, 0.1) is 0 Å². The van der Waals surface area contributed by atoms with Gasteiger partial charge in [0.2, 0.25) is 11.2 Å². The third-order valence-corrected chi connectivity index (χ3v) is 1.71. The van der Waals surface area contributed by atoms with Crippen LogP contribution in [0.4, 0.5) is 0 Å². The van der Waals surface area contributed by atoms with E-state index in [0.29, 0.717) is 12.4 Å². The molecule has 0 aliphatic carbocycles. The van der Waals surface area contributed by atoms with Crippen molar-refractivity contribution >= 4 is 11.6 Å². The van der Waals surface area contributed by atoms with Gasteiger partial charge in [0.15, 0.2) is 0 Å². The van der Waals surface area contributed by atoms with Crippen molar-refractivity contribution in [2.45, 2.75) is 19.2 Å². The van der Waals surface area contributed by atoms with E-state index in [0.717, 1.165) is 6.42 Å². The van der Waals surface area contributed by atoms with Gasteiger partial charge < -0.3 is 9.15 Å². The second kappa shape index (κ2) is 4.92. The Bertz CT molecular complexity index is 319. The monoisotopic (exact) mass is 202 g/mol. The molecule has 0 radical (unpaired) electrons. The minimum Gasteiger partial charge on any atom is -0.487 e. The molecule has 0 atom stereocenters. The molecule has 0 saturated carbocycles. The molecule has 0 spiro atoms. The van der Waals surface area contributed by atoms with Gasteiger partial charge in [0.05, 0.1) is 12.5 Å². The summed E-state index contributed by atoms with van der Waals surface area (Å²) >= 11 is 5.48. The number of halogens is 1. The van der Waals surface area contributed by atoms with Crippen molar-refractivity contribution in [3.63, 3.8) is 0 Å². The maximum absolute atomic E-state index is 11.3. The molecule has 72 valence electrons. The third kappa shape index (κ3) is 2.77. The molecule has 4 heteroatoms. The Morgan fingerprint density at radius 2 is 2.38 bits per heavy atom. The number of alkyl halides is 1. The van der Waals surface area contributed by atoms with E-state index in [2.05, 4.69) is 0 Å². The van der Waals surface area contributed by atoms with E-state index in [1.807, 2.05) is 6.92 Å². The molecule has 0 saturated heterocycles. The Hall–Kier alpha value is -0.960. The highest BCUT2D eigenvalue weighted by atomic mass is 35.5. The fourth-order valence-corrected chi connectivity index (χ4v) is 0.966. The van der Waals surface area contributed by atoms with E-state index in [1.165, 1.54) is 12.3 Å². The Balaban J connectivity index is 2.80. The Kier molecular flexibility index (Phi) is 3.83. The van der Waals surface area contributed by atoms with Crippen LogP contribution < -0.4 is 10.2 Å². The second-order valence-electron chi connectivity index (χ2n) is 2.56. The summed E-state index contributed by atoms with van der Waals surface area (Å²) in [6.07, 6.45) is 2.16. The number of rotatable bonds is 4. The van der Waals surface area contributed by atoms with Crippen molar-refractivity contribution in [3.8, 4) is 5.75 Å². The molecule has 0 aliphatic heterocycles. The van der Waals surface area contributed by atoms with Crippen molar-refractivity contribution < 1.29 is 9.15 Å². The van der Waals surface area contributed by atoms with Crippen LogP contribution in [0.1, 0.15) is 19.1 Å². The van der Waals surface area contributed by atoms with Gasteiger partial charge in [-0.2, -0.15) is 0 Å². The van der Waals surface area contributed by atoms with Crippen LogP contribution in [0.25, 0.3) is 0 Å². The van der Waals surface area contributed by atoms with Gasteiger partial charge in [0.25, 0.3) is 0 Å². The van der Waals surface area contributed by atoms with Gasteiger partial charge in [-0.05, 0) is 6.42 Å². The lowest BCUT2D eigenvalue weighted by Gasteiger charge is -2.02. The van der Waals surface area contributed by atoms with Gasteiger partial charge in [-0.15, -0.1) is 11.6 Å². The normalized spacial score (nSPS) is 10.0. The summed E-state index contributed by atoms with van der Waals surface area (Å²) in [6, 6.07) is 1.35. The maximum Gasteiger partial charge on any atom is 0.227 e. The molecule has 0 amide bonds. The average molecular weight is 203 g/mol. The number of hydrogen-bond donors (Lipinski definition) is 0. The maximum atomic E-state index is 11.3. The fraction of sp³-hybridized carbons (Fsp3) is 0.444. The van der Waals surface area contributed by atoms with Crippen LogP contribution in [0.3, 0.4) is 0 Å². The van der Waals surface area contributed by atoms with Crippen LogP contribution >= 0.6 is 11.6 Å². The van der Waals surface area contributed by atoms with Crippen LogP contribution in [0.2, 0.25) is 0 Å². The van der Waals surface area contributed by atoms with Gasteiger partial charge in [-0.1, -0.05) is 6.92 Å². The van der Waals surface area contributed by atoms with Gasteiger partial charge >= 0.3 is 0 Å². The van der Waals surface area contributed by atoms with E-state index >= 15 is 0 Å². The van der Waals surface area contributed by atoms with E-state index in [1.54, 1.807) is 0 Å². The van der Waals surface area contributed by atoms with E-state index in [-0.39, 0.29) is 17.1 Å². The summed E-state index contributed by atoms with van der Waals surface area (Å²) in [5, 5.41) is 0. The van der Waals surface area contributed by atoms with E-state index < -0.39 is 0 Å². The zero-order chi connectivity index (χ0) is 9.68. The first-order valence-corrected chi connectivity index (χ1v) is 4.62. The lowest BCUT2D eigenvalue weighted by Crippen LogP contribution is -2.07. The van der Waals surface area contributed by atoms with E-state index in [9.17, 15) is 4.79 Å². The smallest absolute Gasteiger partial charge is 0.227 e. The summed E-state index contributed by atoms with van der Waals surface area (Å²) in [4.78, 5) is 11.3. The first kappa shape index (κ1) is 10.1. The summed E-state index contributed by atoms with van der Waals surface area (Å²) in [5.41, 5.74) is -0.185. The summed E-state index contributed by atoms with van der Waals surface area (Å²) in [6.45, 7) is 2.49. The second-order valence-corrected chi connectivity index (χ2v) is 2.82. The molecule has 3 nitrogen and oxygen atoms in total. The van der Waals surface area contributed by atoms with Gasteiger partial charge in [0.1, 0.15) is 12.0 Å². The highest BCUT2D eigenvalue weighted by Crippen LogP contribution is 2.07. The molecule has 0 fully saturated rings. The quantitative estimate of drug-likeness (QED) is 0.703. The summed E-state index contributed by atoms with van der Waals surface area (Å²) < 4.78 is 10.2. The van der Waals surface area contributed by atoms with Crippen molar-refractivity contribution in [2.75, 3.05) is 6.61 Å². The van der Waals surface area contributed by atoms with Crippen LogP contribution in [-0.2, 0) is 5.88 Å². The third-order valence-electron chi connectivity index (χ3n) is 1.45. The van der Waals surface area contributed by atoms with Crippen molar-refractivity contribution in [1.82, 2.24) is 0 Å². The Morgan fingerprint density at radius 3 is 2.92 bits per heavy atom. The molecule has 0 aliphatic rings. The van der Waals surface area contributed by atoms with E-state index in [4.69, 9.17) is 20.8 Å². The van der Waals surface area contributed by atoms with Crippen molar-refractivity contribution in [3.05, 3.63) is 28.3 Å². The van der Waals surface area contributed by atoms with Gasteiger partial charge in [-0.25, -0.2) is 0 Å². The SMILES string of the molecule is CCCOc1coc(CCl)cc1=O. The first-order chi connectivity index (χ1) is 6.27. The number of ether oxygens (including phenoxy) is 1. The molecule has 1 heterocycles. The predicted molar refractivity (Wildman–Crippen MR) is 50.3 cm³/mol. The molecule has 1 aromatic rings. The lowest BCUT2D eigenvalue weighted by molar-refractivity contribution is 0.301. The minimum absolute atomic E-state index is 0.185. The minimum atomic E-state index is -0.185. The van der Waals surface area contributed by atoms with Crippen LogP contribution in [0.5, 0.6) is 5.75 Å². The van der Waals surface area contributed by atoms with Gasteiger partial charge in [0, 0.05) is 6.07 Å². The number of hydrogen-bond acceptors (Lipinski definition) is 3. The lowest BCUT2D eigenvalue weighted by atomic mass is 10.4. The Morgan fingerprint density at radius 1 is 1.62 bits per heavy atom. The topological polar surface area (TPSA) is 39.4 Å². The van der Waals surface area contributed by atoms with Crippen LogP contribution in [0.15, 0.2) is 21.5 Å². The molecular formula is C9H11ClO3. The highest BCUT2D eigenvalue weighted by Gasteiger charge is 2.02. The molecule has 1 rings (SSSR count). The average Bonchev–Trinajstić information content (AvgIpc) is 2.16. The first-order valence-electron chi connectivity index (χ1n) is 4.08. The standard InChI is InChI=1S/C9H11ClO3/c1-2-3-12-9-6-13-7(5-10)4-8(9)11/h4,6H,2-3,5H2,1H3. The van der Waals surface area contributed by atoms with Crippen LogP contribution in [-0.4, -0.2) is 6.61 Å². The largest absolute Gasteiger partial charge is 0.487 e. The zero-order valence-electron chi connectivity index (χ0n) is 7.38. The summed E-state index contributed by atoms with van der Waals surface area (Å²) in [7, 11) is 0. The zero-order valence-corrected chi connectivity index (χ0v) is 8.13. The summed E-state index contributed by atoms with van der Waals surface area (Å²) in [5.74, 6) is 0.898. The molecule has 0 aromatic carbocycles. The molecule has 0 N–H and O–H groups in total. The molecule has 1 aromatic heterocycles. The molecule has 0 bridgehead atoms. The van der Waals surface area contributed by atoms with Gasteiger partial charge in [-0.3, -0.25) is 4.79 Å².